The summed E-state index contributed by atoms with van der Waals surface area (Å²) in [4.78, 5) is 12.1. The molecule has 3 heteroatoms. The van der Waals surface area contributed by atoms with Crippen LogP contribution in [0.4, 0.5) is 0 Å². The smallest absolute Gasteiger partial charge is 0.177 e. The Balaban J connectivity index is 1.84. The highest BCUT2D eigenvalue weighted by atomic mass is 15.0. The average molecular weight is 201 g/mol. The highest BCUT2D eigenvalue weighted by Gasteiger charge is 2.17. The van der Waals surface area contributed by atoms with E-state index in [0.29, 0.717) is 0 Å². The summed E-state index contributed by atoms with van der Waals surface area (Å²) in [5.74, 6) is 1.95. The van der Waals surface area contributed by atoms with Crippen molar-refractivity contribution >= 4 is 11.2 Å². The quantitative estimate of drug-likeness (QED) is 0.811. The first-order valence-electron chi connectivity index (χ1n) is 5.71. The summed E-state index contributed by atoms with van der Waals surface area (Å²) in [7, 11) is 0. The third-order valence-electron chi connectivity index (χ3n) is 3.26. The van der Waals surface area contributed by atoms with Crippen molar-refractivity contribution < 1.29 is 0 Å². The van der Waals surface area contributed by atoms with Crippen LogP contribution in [0.15, 0.2) is 18.3 Å². The fraction of sp³-hybridized carbons (Fsp3) is 0.500. The summed E-state index contributed by atoms with van der Waals surface area (Å²) in [6.45, 7) is 0. The molecule has 0 radical (unpaired) electrons. The molecular weight excluding hydrogens is 186 g/mol. The van der Waals surface area contributed by atoms with Crippen LogP contribution >= 0.6 is 0 Å². The predicted molar refractivity (Wildman–Crippen MR) is 59.6 cm³/mol. The zero-order chi connectivity index (χ0) is 10.1. The molecule has 1 aliphatic rings. The number of aromatic nitrogens is 3. The van der Waals surface area contributed by atoms with E-state index in [-0.39, 0.29) is 0 Å². The van der Waals surface area contributed by atoms with Gasteiger partial charge >= 0.3 is 0 Å². The Hall–Kier alpha value is -1.38. The molecule has 0 aromatic carbocycles. The van der Waals surface area contributed by atoms with E-state index >= 15 is 0 Å². The van der Waals surface area contributed by atoms with Gasteiger partial charge in [-0.3, -0.25) is 0 Å². The van der Waals surface area contributed by atoms with Crippen LogP contribution in [-0.2, 0) is 6.42 Å². The van der Waals surface area contributed by atoms with Crippen LogP contribution in [0.2, 0.25) is 0 Å². The van der Waals surface area contributed by atoms with Crippen molar-refractivity contribution in [2.24, 2.45) is 5.92 Å². The molecular formula is C12H15N3. The number of H-pyrrole nitrogens is 1. The molecule has 78 valence electrons. The summed E-state index contributed by atoms with van der Waals surface area (Å²) in [5, 5.41) is 0. The third-order valence-corrected chi connectivity index (χ3v) is 3.26. The molecule has 0 spiro atoms. The van der Waals surface area contributed by atoms with Gasteiger partial charge in [-0.2, -0.15) is 0 Å². The number of rotatable bonds is 2. The maximum atomic E-state index is 4.51. The van der Waals surface area contributed by atoms with Crippen molar-refractivity contribution in [1.82, 2.24) is 15.0 Å². The van der Waals surface area contributed by atoms with Crippen LogP contribution in [-0.4, -0.2) is 15.0 Å². The van der Waals surface area contributed by atoms with Gasteiger partial charge in [0.15, 0.2) is 5.65 Å². The lowest BCUT2D eigenvalue weighted by atomic mass is 10.0. The molecule has 3 rings (SSSR count). The first-order chi connectivity index (χ1) is 7.42. The van der Waals surface area contributed by atoms with Gasteiger partial charge in [-0.1, -0.05) is 25.7 Å². The number of hydrogen-bond acceptors (Lipinski definition) is 2. The molecule has 0 amide bonds. The van der Waals surface area contributed by atoms with E-state index in [0.717, 1.165) is 29.3 Å². The molecule has 1 aliphatic carbocycles. The topological polar surface area (TPSA) is 41.6 Å². The Bertz CT molecular complexity index is 422. The number of nitrogens with one attached hydrogen (secondary N) is 1. The van der Waals surface area contributed by atoms with Crippen molar-refractivity contribution in [3.8, 4) is 0 Å². The fourth-order valence-corrected chi connectivity index (χ4v) is 2.48. The van der Waals surface area contributed by atoms with Crippen LogP contribution in [0.1, 0.15) is 31.5 Å². The van der Waals surface area contributed by atoms with Gasteiger partial charge in [0.1, 0.15) is 5.82 Å². The number of imidazole rings is 1. The molecule has 2 aromatic rings. The maximum absolute atomic E-state index is 4.51. The van der Waals surface area contributed by atoms with Gasteiger partial charge in [0.25, 0.3) is 0 Å². The van der Waals surface area contributed by atoms with Gasteiger partial charge in [0.05, 0.1) is 5.52 Å². The highest BCUT2D eigenvalue weighted by molar-refractivity contribution is 5.69. The second kappa shape index (κ2) is 3.65. The highest BCUT2D eigenvalue weighted by Crippen LogP contribution is 2.27. The Morgan fingerprint density at radius 1 is 1.33 bits per heavy atom. The van der Waals surface area contributed by atoms with Gasteiger partial charge < -0.3 is 4.98 Å². The largest absolute Gasteiger partial charge is 0.341 e. The minimum absolute atomic E-state index is 0.838. The standard InChI is InChI=1S/C12H15N3/c1-2-5-9(4-1)8-11-14-10-6-3-7-13-12(10)15-11/h3,6-7,9H,1-2,4-5,8H2,(H,13,14,15). The van der Waals surface area contributed by atoms with E-state index in [4.69, 9.17) is 0 Å². The van der Waals surface area contributed by atoms with Gasteiger partial charge in [0.2, 0.25) is 0 Å². The number of fused-ring (bicyclic) bond motifs is 1. The average Bonchev–Trinajstić information content (AvgIpc) is 2.86. The lowest BCUT2D eigenvalue weighted by Gasteiger charge is -2.04. The Morgan fingerprint density at radius 3 is 3.00 bits per heavy atom. The Kier molecular flexibility index (Phi) is 2.16. The molecule has 0 atom stereocenters. The van der Waals surface area contributed by atoms with E-state index in [1.54, 1.807) is 6.20 Å². The number of aromatic amines is 1. The molecule has 2 heterocycles. The first kappa shape index (κ1) is 8.89. The van der Waals surface area contributed by atoms with Crippen LogP contribution in [0.5, 0.6) is 0 Å². The zero-order valence-electron chi connectivity index (χ0n) is 8.74. The van der Waals surface area contributed by atoms with E-state index < -0.39 is 0 Å². The van der Waals surface area contributed by atoms with Gasteiger partial charge in [-0.15, -0.1) is 0 Å². The molecule has 0 unspecified atom stereocenters. The van der Waals surface area contributed by atoms with Crippen molar-refractivity contribution in [2.45, 2.75) is 32.1 Å². The molecule has 3 nitrogen and oxygen atoms in total. The molecule has 1 fully saturated rings. The molecule has 0 aliphatic heterocycles. The Morgan fingerprint density at radius 2 is 2.20 bits per heavy atom. The molecule has 15 heavy (non-hydrogen) atoms. The minimum Gasteiger partial charge on any atom is -0.341 e. The number of nitrogens with zero attached hydrogens (tertiary/aromatic N) is 2. The zero-order valence-corrected chi connectivity index (χ0v) is 8.74. The van der Waals surface area contributed by atoms with Crippen LogP contribution in [0, 0.1) is 5.92 Å². The fourth-order valence-electron chi connectivity index (χ4n) is 2.48. The SMILES string of the molecule is c1cnc2nc(CC3CCCC3)[nH]c2c1. The first-order valence-corrected chi connectivity index (χ1v) is 5.71. The second-order valence-electron chi connectivity index (χ2n) is 4.41. The van der Waals surface area contributed by atoms with E-state index in [2.05, 4.69) is 15.0 Å². The second-order valence-corrected chi connectivity index (χ2v) is 4.41. The molecule has 1 N–H and O–H groups in total. The molecule has 0 bridgehead atoms. The monoisotopic (exact) mass is 201 g/mol. The summed E-state index contributed by atoms with van der Waals surface area (Å²) in [6, 6.07) is 3.98. The van der Waals surface area contributed by atoms with Gasteiger partial charge in [-0.05, 0) is 18.1 Å². The number of hydrogen-bond donors (Lipinski definition) is 1. The summed E-state index contributed by atoms with van der Waals surface area (Å²) in [6.07, 6.45) is 8.40. The number of pyridine rings is 1. The molecule has 2 aromatic heterocycles. The van der Waals surface area contributed by atoms with Crippen molar-refractivity contribution in [3.63, 3.8) is 0 Å². The lowest BCUT2D eigenvalue weighted by molar-refractivity contribution is 0.534. The van der Waals surface area contributed by atoms with Gasteiger partial charge in [0, 0.05) is 12.6 Å². The lowest BCUT2D eigenvalue weighted by Crippen LogP contribution is -2.00. The Labute approximate surface area is 88.9 Å². The van der Waals surface area contributed by atoms with Gasteiger partial charge in [-0.25, -0.2) is 9.97 Å². The van der Waals surface area contributed by atoms with E-state index in [1.165, 1.54) is 25.7 Å². The van der Waals surface area contributed by atoms with Crippen molar-refractivity contribution in [1.29, 1.82) is 0 Å². The van der Waals surface area contributed by atoms with E-state index in [1.807, 2.05) is 12.1 Å². The van der Waals surface area contributed by atoms with Crippen LogP contribution in [0.25, 0.3) is 11.2 Å². The van der Waals surface area contributed by atoms with Crippen molar-refractivity contribution in [3.05, 3.63) is 24.2 Å². The summed E-state index contributed by atoms with van der Waals surface area (Å²) >= 11 is 0. The summed E-state index contributed by atoms with van der Waals surface area (Å²) in [5.41, 5.74) is 1.91. The predicted octanol–water partition coefficient (Wildman–Crippen LogP) is 2.69. The normalized spacial score (nSPS) is 17.6. The molecule has 0 saturated heterocycles. The van der Waals surface area contributed by atoms with Crippen molar-refractivity contribution in [2.75, 3.05) is 0 Å². The van der Waals surface area contributed by atoms with Crippen LogP contribution in [0.3, 0.4) is 0 Å². The van der Waals surface area contributed by atoms with Crippen LogP contribution < -0.4 is 0 Å². The maximum Gasteiger partial charge on any atom is 0.177 e. The molecule has 1 saturated carbocycles. The van der Waals surface area contributed by atoms with E-state index in [9.17, 15) is 0 Å². The minimum atomic E-state index is 0.838. The third kappa shape index (κ3) is 1.74. The summed E-state index contributed by atoms with van der Waals surface area (Å²) < 4.78 is 0.